The Balaban J connectivity index is 2.00. The van der Waals surface area contributed by atoms with Gasteiger partial charge in [0.1, 0.15) is 5.75 Å². The molecule has 0 aliphatic rings. The van der Waals surface area contributed by atoms with Gasteiger partial charge in [-0.2, -0.15) is 0 Å². The van der Waals surface area contributed by atoms with Gasteiger partial charge in [-0.05, 0) is 67.0 Å². The Morgan fingerprint density at radius 1 is 1.10 bits per heavy atom. The number of thiocarbonyl (C=S) groups is 1. The maximum Gasteiger partial charge on any atom is 0.175 e. The van der Waals surface area contributed by atoms with E-state index in [2.05, 4.69) is 29.7 Å². The zero-order chi connectivity index (χ0) is 15.2. The summed E-state index contributed by atoms with van der Waals surface area (Å²) >= 11 is 5.35. The summed E-state index contributed by atoms with van der Waals surface area (Å²) < 4.78 is 5.20. The minimum atomic E-state index is 0.576. The second-order valence-electron chi connectivity index (χ2n) is 4.81. The lowest BCUT2D eigenvalue weighted by molar-refractivity contribution is 0.414. The number of nitrogens with one attached hydrogen (secondary N) is 2. The van der Waals surface area contributed by atoms with E-state index in [0.29, 0.717) is 5.11 Å². The van der Waals surface area contributed by atoms with Crippen LogP contribution in [-0.2, 0) is 6.42 Å². The van der Waals surface area contributed by atoms with Gasteiger partial charge in [0.2, 0.25) is 0 Å². The van der Waals surface area contributed by atoms with E-state index >= 15 is 0 Å². The number of ether oxygens (including phenoxy) is 1. The Morgan fingerprint density at radius 3 is 2.38 bits per heavy atom. The predicted molar refractivity (Wildman–Crippen MR) is 93.4 cm³/mol. The summed E-state index contributed by atoms with van der Waals surface area (Å²) in [7, 11) is 1.66. The fraction of sp³-hybridized carbons (Fsp3) is 0.235. The smallest absolute Gasteiger partial charge is 0.175 e. The van der Waals surface area contributed by atoms with Crippen LogP contribution >= 0.6 is 12.2 Å². The maximum atomic E-state index is 5.35. The Bertz CT molecular complexity index is 623. The fourth-order valence-corrected chi connectivity index (χ4v) is 2.24. The first-order valence-corrected chi connectivity index (χ1v) is 7.34. The molecule has 0 aromatic heterocycles. The number of methoxy groups -OCH3 is 1. The van der Waals surface area contributed by atoms with Crippen molar-refractivity contribution in [2.45, 2.75) is 20.3 Å². The zero-order valence-electron chi connectivity index (χ0n) is 12.6. The third-order valence-corrected chi connectivity index (χ3v) is 3.51. The third-order valence-electron chi connectivity index (χ3n) is 3.30. The highest BCUT2D eigenvalue weighted by atomic mass is 32.1. The minimum absolute atomic E-state index is 0.576. The highest BCUT2D eigenvalue weighted by Gasteiger charge is 2.03. The Hall–Kier alpha value is -2.07. The average Bonchev–Trinajstić information content (AvgIpc) is 2.50. The van der Waals surface area contributed by atoms with Crippen LogP contribution in [0.25, 0.3) is 0 Å². The molecular formula is C17H20N2OS. The first-order valence-electron chi connectivity index (χ1n) is 6.94. The molecule has 2 rings (SSSR count). The molecule has 0 heterocycles. The number of benzene rings is 2. The van der Waals surface area contributed by atoms with Crippen LogP contribution < -0.4 is 15.4 Å². The molecule has 0 aliphatic carbocycles. The molecule has 0 radical (unpaired) electrons. The molecule has 4 heteroatoms. The summed E-state index contributed by atoms with van der Waals surface area (Å²) in [6, 6.07) is 14.1. The molecule has 0 unspecified atom stereocenters. The lowest BCUT2D eigenvalue weighted by Gasteiger charge is -2.13. The van der Waals surface area contributed by atoms with E-state index in [1.165, 1.54) is 5.56 Å². The van der Waals surface area contributed by atoms with Crippen molar-refractivity contribution in [3.8, 4) is 5.75 Å². The minimum Gasteiger partial charge on any atom is -0.497 e. The van der Waals surface area contributed by atoms with Crippen LogP contribution in [0.15, 0.2) is 42.5 Å². The Kier molecular flexibility index (Phi) is 5.17. The molecule has 0 spiro atoms. The van der Waals surface area contributed by atoms with E-state index in [0.717, 1.165) is 29.1 Å². The van der Waals surface area contributed by atoms with Gasteiger partial charge in [-0.25, -0.2) is 0 Å². The second-order valence-corrected chi connectivity index (χ2v) is 5.22. The van der Waals surface area contributed by atoms with Crippen LogP contribution in [0.3, 0.4) is 0 Å². The van der Waals surface area contributed by atoms with Crippen molar-refractivity contribution in [2.75, 3.05) is 17.7 Å². The van der Waals surface area contributed by atoms with Gasteiger partial charge in [-0.1, -0.05) is 19.1 Å². The molecule has 110 valence electrons. The lowest BCUT2D eigenvalue weighted by Crippen LogP contribution is -2.19. The molecule has 3 nitrogen and oxygen atoms in total. The van der Waals surface area contributed by atoms with Crippen molar-refractivity contribution in [3.63, 3.8) is 0 Å². The van der Waals surface area contributed by atoms with Crippen molar-refractivity contribution in [1.82, 2.24) is 0 Å². The summed E-state index contributed by atoms with van der Waals surface area (Å²) in [4.78, 5) is 0. The molecule has 2 N–H and O–H groups in total. The summed E-state index contributed by atoms with van der Waals surface area (Å²) in [6.07, 6.45) is 1.04. The summed E-state index contributed by atoms with van der Waals surface area (Å²) in [5.74, 6) is 0.840. The first kappa shape index (κ1) is 15.3. The van der Waals surface area contributed by atoms with Crippen LogP contribution in [0.5, 0.6) is 5.75 Å². The lowest BCUT2D eigenvalue weighted by atomic mass is 10.1. The molecule has 0 saturated heterocycles. The molecule has 2 aromatic carbocycles. The van der Waals surface area contributed by atoms with Gasteiger partial charge in [0.05, 0.1) is 7.11 Å². The molecule has 0 aliphatic heterocycles. The van der Waals surface area contributed by atoms with E-state index in [1.807, 2.05) is 37.3 Å². The monoisotopic (exact) mass is 300 g/mol. The average molecular weight is 300 g/mol. The maximum absolute atomic E-state index is 5.35. The first-order chi connectivity index (χ1) is 10.1. The molecule has 0 amide bonds. The number of aryl methyl sites for hydroxylation is 2. The molecule has 0 fully saturated rings. The largest absolute Gasteiger partial charge is 0.497 e. The second kappa shape index (κ2) is 7.09. The van der Waals surface area contributed by atoms with Gasteiger partial charge in [0, 0.05) is 11.4 Å². The van der Waals surface area contributed by atoms with Gasteiger partial charge in [0.25, 0.3) is 0 Å². The van der Waals surface area contributed by atoms with Crippen LogP contribution in [0.2, 0.25) is 0 Å². The Morgan fingerprint density at radius 2 is 1.81 bits per heavy atom. The van der Waals surface area contributed by atoms with Gasteiger partial charge in [0.15, 0.2) is 5.11 Å². The van der Waals surface area contributed by atoms with Crippen molar-refractivity contribution in [1.29, 1.82) is 0 Å². The standard InChI is InChI=1S/C17H20N2OS/c1-4-13-5-7-14(8-6-13)18-17(21)19-16-10-9-15(20-3)11-12(16)2/h5-11H,4H2,1-3H3,(H2,18,19,21). The van der Waals surface area contributed by atoms with Crippen LogP contribution in [0.1, 0.15) is 18.1 Å². The summed E-state index contributed by atoms with van der Waals surface area (Å²) in [5, 5.41) is 6.97. The highest BCUT2D eigenvalue weighted by molar-refractivity contribution is 7.80. The molecular weight excluding hydrogens is 280 g/mol. The van der Waals surface area contributed by atoms with E-state index in [-0.39, 0.29) is 0 Å². The molecule has 21 heavy (non-hydrogen) atoms. The third kappa shape index (κ3) is 4.20. The predicted octanol–water partition coefficient (Wildman–Crippen LogP) is 4.37. The number of hydrogen-bond acceptors (Lipinski definition) is 2. The van der Waals surface area contributed by atoms with Crippen molar-refractivity contribution < 1.29 is 4.74 Å². The molecule has 0 atom stereocenters. The quantitative estimate of drug-likeness (QED) is 0.821. The van der Waals surface area contributed by atoms with E-state index in [4.69, 9.17) is 17.0 Å². The van der Waals surface area contributed by atoms with Crippen molar-refractivity contribution >= 4 is 28.7 Å². The van der Waals surface area contributed by atoms with E-state index in [1.54, 1.807) is 7.11 Å². The van der Waals surface area contributed by atoms with Crippen LogP contribution in [0.4, 0.5) is 11.4 Å². The molecule has 0 saturated carbocycles. The highest BCUT2D eigenvalue weighted by Crippen LogP contribution is 2.21. The normalized spacial score (nSPS) is 10.0. The van der Waals surface area contributed by atoms with Crippen molar-refractivity contribution in [2.24, 2.45) is 0 Å². The van der Waals surface area contributed by atoms with Gasteiger partial charge < -0.3 is 15.4 Å². The number of rotatable bonds is 4. The SMILES string of the molecule is CCc1ccc(NC(=S)Nc2ccc(OC)cc2C)cc1. The van der Waals surface area contributed by atoms with Crippen molar-refractivity contribution in [3.05, 3.63) is 53.6 Å². The zero-order valence-corrected chi connectivity index (χ0v) is 13.4. The topological polar surface area (TPSA) is 33.3 Å². The Labute approximate surface area is 131 Å². The molecule has 0 bridgehead atoms. The number of hydrogen-bond donors (Lipinski definition) is 2. The summed E-state index contributed by atoms with van der Waals surface area (Å²) in [6.45, 7) is 4.16. The van der Waals surface area contributed by atoms with Gasteiger partial charge in [-0.3, -0.25) is 0 Å². The van der Waals surface area contributed by atoms with Gasteiger partial charge >= 0.3 is 0 Å². The van der Waals surface area contributed by atoms with Crippen LogP contribution in [0, 0.1) is 6.92 Å². The fourth-order valence-electron chi connectivity index (χ4n) is 2.01. The molecule has 2 aromatic rings. The summed E-state index contributed by atoms with van der Waals surface area (Å²) in [5.41, 5.74) is 4.35. The van der Waals surface area contributed by atoms with E-state index in [9.17, 15) is 0 Å². The van der Waals surface area contributed by atoms with Crippen LogP contribution in [-0.4, -0.2) is 12.2 Å². The van der Waals surface area contributed by atoms with Gasteiger partial charge in [-0.15, -0.1) is 0 Å². The van der Waals surface area contributed by atoms with E-state index < -0.39 is 0 Å². The number of anilines is 2.